The van der Waals surface area contributed by atoms with Crippen LogP contribution in [0, 0.1) is 0 Å². The quantitative estimate of drug-likeness (QED) is 0.628. The fourth-order valence-electron chi connectivity index (χ4n) is 1.70. The molecule has 0 aliphatic heterocycles. The van der Waals surface area contributed by atoms with Crippen molar-refractivity contribution in [3.8, 4) is 0 Å². The zero-order valence-electron chi connectivity index (χ0n) is 7.63. The zero-order valence-corrected chi connectivity index (χ0v) is 7.63. The molecule has 0 amide bonds. The first-order valence-corrected chi connectivity index (χ1v) is 4.90. The minimum absolute atomic E-state index is 0.206. The second kappa shape index (κ2) is 5.33. The molecule has 12 heavy (non-hydrogen) atoms. The summed E-state index contributed by atoms with van der Waals surface area (Å²) in [6, 6.07) is 0.206. The van der Waals surface area contributed by atoms with Gasteiger partial charge >= 0.3 is 0 Å². The Kier molecular flexibility index (Phi) is 4.33. The molecule has 1 aliphatic carbocycles. The number of allylic oxidation sites excluding steroid dienone is 1. The van der Waals surface area contributed by atoms with Gasteiger partial charge in [0.1, 0.15) is 0 Å². The van der Waals surface area contributed by atoms with Crippen LogP contribution in [-0.2, 0) is 0 Å². The lowest BCUT2D eigenvalue weighted by molar-refractivity contribution is 0.281. The third-order valence-corrected chi connectivity index (χ3v) is 2.48. The highest BCUT2D eigenvalue weighted by Crippen LogP contribution is 2.21. The van der Waals surface area contributed by atoms with Gasteiger partial charge < -0.3 is 10.8 Å². The van der Waals surface area contributed by atoms with Gasteiger partial charge in [-0.3, -0.25) is 0 Å². The monoisotopic (exact) mass is 169 g/mol. The molecule has 2 nitrogen and oxygen atoms in total. The van der Waals surface area contributed by atoms with E-state index in [-0.39, 0.29) is 12.6 Å². The molecular weight excluding hydrogens is 150 g/mol. The maximum atomic E-state index is 8.64. The van der Waals surface area contributed by atoms with E-state index in [1.165, 1.54) is 31.3 Å². The van der Waals surface area contributed by atoms with E-state index in [1.807, 2.05) is 0 Å². The Morgan fingerprint density at radius 1 is 1.50 bits per heavy atom. The summed E-state index contributed by atoms with van der Waals surface area (Å²) in [5.41, 5.74) is 7.37. The molecule has 0 aromatic carbocycles. The number of nitrogens with two attached hydrogens (primary N) is 1. The Morgan fingerprint density at radius 3 is 2.92 bits per heavy atom. The molecule has 0 aromatic rings. The van der Waals surface area contributed by atoms with Crippen molar-refractivity contribution in [3.63, 3.8) is 0 Å². The van der Waals surface area contributed by atoms with Crippen molar-refractivity contribution in [2.24, 2.45) is 5.73 Å². The third-order valence-electron chi connectivity index (χ3n) is 2.48. The summed E-state index contributed by atoms with van der Waals surface area (Å²) >= 11 is 0. The lowest BCUT2D eigenvalue weighted by atomic mass is 9.92. The number of aliphatic hydroxyl groups is 1. The lowest BCUT2D eigenvalue weighted by Gasteiger charge is -2.18. The molecule has 1 unspecified atom stereocenters. The molecule has 0 radical (unpaired) electrons. The first-order valence-electron chi connectivity index (χ1n) is 4.90. The van der Waals surface area contributed by atoms with Crippen molar-refractivity contribution in [2.75, 3.05) is 6.61 Å². The van der Waals surface area contributed by atoms with Crippen LogP contribution in [0.25, 0.3) is 0 Å². The second-order valence-corrected chi connectivity index (χ2v) is 3.50. The van der Waals surface area contributed by atoms with Gasteiger partial charge in [-0.15, -0.1) is 0 Å². The predicted octanol–water partition coefficient (Wildman–Crippen LogP) is 1.59. The summed E-state index contributed by atoms with van der Waals surface area (Å²) in [5, 5.41) is 8.64. The minimum atomic E-state index is 0.206. The van der Waals surface area contributed by atoms with E-state index in [1.54, 1.807) is 0 Å². The molecule has 0 bridgehead atoms. The highest BCUT2D eigenvalue weighted by atomic mass is 16.2. The summed E-state index contributed by atoms with van der Waals surface area (Å²) < 4.78 is 0. The summed E-state index contributed by atoms with van der Waals surface area (Å²) in [6.07, 6.45) is 9.02. The Morgan fingerprint density at radius 2 is 2.33 bits per heavy atom. The third kappa shape index (κ3) is 2.95. The van der Waals surface area contributed by atoms with E-state index in [9.17, 15) is 0 Å². The van der Waals surface area contributed by atoms with Crippen LogP contribution < -0.4 is 5.73 Å². The van der Waals surface area contributed by atoms with Gasteiger partial charge in [-0.1, -0.05) is 11.6 Å². The summed E-state index contributed by atoms with van der Waals surface area (Å²) in [6.45, 7) is 0.265. The Hall–Kier alpha value is -0.340. The van der Waals surface area contributed by atoms with E-state index in [4.69, 9.17) is 10.8 Å². The Labute approximate surface area is 74.5 Å². The number of hydrogen-bond donors (Lipinski definition) is 2. The molecule has 1 atom stereocenters. The van der Waals surface area contributed by atoms with Crippen LogP contribution >= 0.6 is 0 Å². The van der Waals surface area contributed by atoms with E-state index in [2.05, 4.69) is 6.08 Å². The SMILES string of the molecule is NC(CCCO)C1=CCCCC1. The molecule has 0 fully saturated rings. The molecule has 2 heteroatoms. The van der Waals surface area contributed by atoms with Gasteiger partial charge in [0, 0.05) is 12.6 Å². The van der Waals surface area contributed by atoms with E-state index >= 15 is 0 Å². The van der Waals surface area contributed by atoms with Crippen LogP contribution in [-0.4, -0.2) is 17.8 Å². The van der Waals surface area contributed by atoms with Crippen LogP contribution in [0.15, 0.2) is 11.6 Å². The maximum Gasteiger partial charge on any atom is 0.0431 e. The van der Waals surface area contributed by atoms with Crippen molar-refractivity contribution < 1.29 is 5.11 Å². The van der Waals surface area contributed by atoms with Gasteiger partial charge in [0.2, 0.25) is 0 Å². The molecule has 3 N–H and O–H groups in total. The standard InChI is InChI=1S/C10H19NO/c11-10(7-4-8-12)9-5-2-1-3-6-9/h5,10,12H,1-4,6-8,11H2. The summed E-state index contributed by atoms with van der Waals surface area (Å²) in [7, 11) is 0. The van der Waals surface area contributed by atoms with E-state index < -0.39 is 0 Å². The second-order valence-electron chi connectivity index (χ2n) is 3.50. The molecule has 0 aromatic heterocycles. The fourth-order valence-corrected chi connectivity index (χ4v) is 1.70. The predicted molar refractivity (Wildman–Crippen MR) is 50.8 cm³/mol. The van der Waals surface area contributed by atoms with E-state index in [0.29, 0.717) is 0 Å². The fraction of sp³-hybridized carbons (Fsp3) is 0.800. The lowest BCUT2D eigenvalue weighted by Crippen LogP contribution is -2.24. The number of aliphatic hydroxyl groups excluding tert-OH is 1. The van der Waals surface area contributed by atoms with Crippen molar-refractivity contribution >= 4 is 0 Å². The first kappa shape index (κ1) is 9.75. The van der Waals surface area contributed by atoms with Crippen LogP contribution in [0.1, 0.15) is 38.5 Å². The van der Waals surface area contributed by atoms with Crippen LogP contribution in [0.2, 0.25) is 0 Å². The molecule has 1 rings (SSSR count). The molecule has 0 heterocycles. The van der Waals surface area contributed by atoms with Crippen LogP contribution in [0.4, 0.5) is 0 Å². The van der Waals surface area contributed by atoms with E-state index in [0.717, 1.165) is 12.8 Å². The first-order chi connectivity index (χ1) is 5.84. The average molecular weight is 169 g/mol. The maximum absolute atomic E-state index is 8.64. The molecule has 0 spiro atoms. The van der Waals surface area contributed by atoms with Gasteiger partial charge in [0.25, 0.3) is 0 Å². The Balaban J connectivity index is 2.29. The van der Waals surface area contributed by atoms with Crippen LogP contribution in [0.3, 0.4) is 0 Å². The Bertz CT molecular complexity index is 154. The smallest absolute Gasteiger partial charge is 0.0431 e. The normalized spacial score (nSPS) is 20.3. The number of rotatable bonds is 4. The van der Waals surface area contributed by atoms with Gasteiger partial charge in [0.05, 0.1) is 0 Å². The molecule has 1 aliphatic rings. The zero-order chi connectivity index (χ0) is 8.81. The molecule has 70 valence electrons. The van der Waals surface area contributed by atoms with Crippen molar-refractivity contribution in [3.05, 3.63) is 11.6 Å². The van der Waals surface area contributed by atoms with Crippen LogP contribution in [0.5, 0.6) is 0 Å². The molecule has 0 saturated heterocycles. The van der Waals surface area contributed by atoms with Crippen molar-refractivity contribution in [1.82, 2.24) is 0 Å². The molecular formula is C10H19NO. The largest absolute Gasteiger partial charge is 0.396 e. The molecule has 0 saturated carbocycles. The van der Waals surface area contributed by atoms with Gasteiger partial charge in [-0.25, -0.2) is 0 Å². The summed E-state index contributed by atoms with van der Waals surface area (Å²) in [4.78, 5) is 0. The topological polar surface area (TPSA) is 46.2 Å². The average Bonchev–Trinajstić information content (AvgIpc) is 2.15. The van der Waals surface area contributed by atoms with Gasteiger partial charge in [-0.2, -0.15) is 0 Å². The van der Waals surface area contributed by atoms with Gasteiger partial charge in [0.15, 0.2) is 0 Å². The van der Waals surface area contributed by atoms with Crippen molar-refractivity contribution in [2.45, 2.75) is 44.6 Å². The van der Waals surface area contributed by atoms with Crippen molar-refractivity contribution in [1.29, 1.82) is 0 Å². The van der Waals surface area contributed by atoms with Gasteiger partial charge in [-0.05, 0) is 38.5 Å². The highest BCUT2D eigenvalue weighted by Gasteiger charge is 2.10. The number of hydrogen-bond acceptors (Lipinski definition) is 2. The highest BCUT2D eigenvalue weighted by molar-refractivity contribution is 5.11. The minimum Gasteiger partial charge on any atom is -0.396 e. The summed E-state index contributed by atoms with van der Waals surface area (Å²) in [5.74, 6) is 0.